The molecule has 1 heterocycles. The van der Waals surface area contributed by atoms with Crippen LogP contribution in [0.1, 0.15) is 31.3 Å². The first kappa shape index (κ1) is 16.4. The molecule has 1 aromatic rings. The Labute approximate surface area is 121 Å². The Morgan fingerprint density at radius 3 is 2.58 bits per heavy atom. The minimum Gasteiger partial charge on any atom is -0.461 e. The van der Waals surface area contributed by atoms with Crippen LogP contribution in [0.4, 0.5) is 0 Å². The van der Waals surface area contributed by atoms with Crippen LogP contribution >= 0.6 is 23.1 Å². The molecule has 7 heteroatoms. The summed E-state index contributed by atoms with van der Waals surface area (Å²) in [6, 6.07) is 0. The van der Waals surface area contributed by atoms with Crippen LogP contribution in [0.3, 0.4) is 0 Å². The Bertz CT molecular complexity index is 378. The van der Waals surface area contributed by atoms with Gasteiger partial charge in [0.15, 0.2) is 16.3 Å². The van der Waals surface area contributed by atoms with Crippen LogP contribution in [0.15, 0.2) is 9.72 Å². The zero-order chi connectivity index (χ0) is 14.1. The quantitative estimate of drug-likeness (QED) is 0.397. The molecule has 19 heavy (non-hydrogen) atoms. The van der Waals surface area contributed by atoms with Gasteiger partial charge in [-0.25, -0.2) is 9.78 Å². The first-order valence-electron chi connectivity index (χ1n) is 6.19. The maximum atomic E-state index is 11.5. The molecule has 0 aliphatic heterocycles. The SMILES string of the molecule is CCOC(=O)c1csc(SCC(OCC)OCC)n1. The lowest BCUT2D eigenvalue weighted by Crippen LogP contribution is -2.19. The fourth-order valence-electron chi connectivity index (χ4n) is 1.28. The molecule has 0 atom stereocenters. The summed E-state index contributed by atoms with van der Waals surface area (Å²) in [5.41, 5.74) is 0.360. The van der Waals surface area contributed by atoms with Gasteiger partial charge in [-0.15, -0.1) is 11.3 Å². The third-order valence-corrected chi connectivity index (χ3v) is 4.07. The average Bonchev–Trinajstić information content (AvgIpc) is 2.86. The van der Waals surface area contributed by atoms with E-state index in [1.807, 2.05) is 13.8 Å². The number of esters is 1. The predicted molar refractivity (Wildman–Crippen MR) is 75.8 cm³/mol. The number of hydrogen-bond acceptors (Lipinski definition) is 7. The molecule has 108 valence electrons. The Balaban J connectivity index is 2.46. The second-order valence-electron chi connectivity index (χ2n) is 3.37. The van der Waals surface area contributed by atoms with Gasteiger partial charge in [0, 0.05) is 18.6 Å². The molecular formula is C12H19NO4S2. The average molecular weight is 305 g/mol. The lowest BCUT2D eigenvalue weighted by Gasteiger charge is -2.15. The molecule has 0 bridgehead atoms. The first-order chi connectivity index (χ1) is 9.21. The molecule has 0 unspecified atom stereocenters. The number of carbonyl (C=O) groups is 1. The summed E-state index contributed by atoms with van der Waals surface area (Å²) >= 11 is 2.94. The van der Waals surface area contributed by atoms with Gasteiger partial charge in [0.2, 0.25) is 0 Å². The van der Waals surface area contributed by atoms with Gasteiger partial charge in [0.25, 0.3) is 0 Å². The van der Waals surface area contributed by atoms with Gasteiger partial charge in [-0.05, 0) is 20.8 Å². The standard InChI is InChI=1S/C12H19NO4S2/c1-4-15-10(16-5-2)8-19-12-13-9(7-18-12)11(14)17-6-3/h7,10H,4-6,8H2,1-3H3. The topological polar surface area (TPSA) is 57.7 Å². The smallest absolute Gasteiger partial charge is 0.357 e. The molecule has 1 rings (SSSR count). The van der Waals surface area contributed by atoms with Crippen LogP contribution in [0.2, 0.25) is 0 Å². The van der Waals surface area contributed by atoms with Crippen LogP contribution in [-0.2, 0) is 14.2 Å². The van der Waals surface area contributed by atoms with E-state index >= 15 is 0 Å². The summed E-state index contributed by atoms with van der Waals surface area (Å²) in [7, 11) is 0. The number of thiazole rings is 1. The van der Waals surface area contributed by atoms with Crippen molar-refractivity contribution in [2.75, 3.05) is 25.6 Å². The highest BCUT2D eigenvalue weighted by Gasteiger charge is 2.14. The third-order valence-electron chi connectivity index (χ3n) is 2.02. The van der Waals surface area contributed by atoms with Gasteiger partial charge in [-0.2, -0.15) is 0 Å². The van der Waals surface area contributed by atoms with Crippen molar-refractivity contribution in [3.63, 3.8) is 0 Å². The summed E-state index contributed by atoms with van der Waals surface area (Å²) in [5, 5.41) is 1.71. The van der Waals surface area contributed by atoms with Crippen LogP contribution in [-0.4, -0.2) is 42.8 Å². The maximum Gasteiger partial charge on any atom is 0.357 e. The summed E-state index contributed by atoms with van der Waals surface area (Å²) < 4.78 is 16.6. The Kier molecular flexibility index (Phi) is 8.04. The maximum absolute atomic E-state index is 11.5. The third kappa shape index (κ3) is 5.90. The number of thioether (sulfide) groups is 1. The van der Waals surface area contributed by atoms with Gasteiger partial charge in [0.05, 0.1) is 12.4 Å². The molecule has 0 saturated carbocycles. The largest absolute Gasteiger partial charge is 0.461 e. The van der Waals surface area contributed by atoms with Crippen molar-refractivity contribution in [1.82, 2.24) is 4.98 Å². The van der Waals surface area contributed by atoms with E-state index in [1.54, 1.807) is 12.3 Å². The predicted octanol–water partition coefficient (Wildman–Crippen LogP) is 2.81. The molecule has 0 amide bonds. The number of nitrogens with zero attached hydrogens (tertiary/aromatic N) is 1. The second-order valence-corrected chi connectivity index (χ2v) is 5.50. The van der Waals surface area contributed by atoms with E-state index in [0.717, 1.165) is 4.34 Å². The number of aromatic nitrogens is 1. The van der Waals surface area contributed by atoms with E-state index in [1.165, 1.54) is 23.1 Å². The molecule has 0 aromatic carbocycles. The Hall–Kier alpha value is -0.630. The molecule has 0 fully saturated rings. The minimum absolute atomic E-state index is 0.241. The minimum atomic E-state index is -0.378. The second kappa shape index (κ2) is 9.30. The summed E-state index contributed by atoms with van der Waals surface area (Å²) in [4.78, 5) is 15.7. The van der Waals surface area contributed by atoms with Crippen molar-refractivity contribution >= 4 is 29.1 Å². The number of ether oxygens (including phenoxy) is 3. The fraction of sp³-hybridized carbons (Fsp3) is 0.667. The number of hydrogen-bond donors (Lipinski definition) is 0. The van der Waals surface area contributed by atoms with Crippen molar-refractivity contribution in [2.24, 2.45) is 0 Å². The van der Waals surface area contributed by atoms with Crippen LogP contribution in [0.25, 0.3) is 0 Å². The van der Waals surface area contributed by atoms with Crippen LogP contribution in [0, 0.1) is 0 Å². The highest BCUT2D eigenvalue weighted by atomic mass is 32.2. The molecular weight excluding hydrogens is 286 g/mol. The van der Waals surface area contributed by atoms with E-state index in [9.17, 15) is 4.79 Å². The van der Waals surface area contributed by atoms with E-state index in [0.29, 0.717) is 31.3 Å². The monoisotopic (exact) mass is 305 g/mol. The summed E-state index contributed by atoms with van der Waals surface area (Å²) in [5.74, 6) is 0.272. The van der Waals surface area contributed by atoms with Gasteiger partial charge in [0.1, 0.15) is 0 Å². The van der Waals surface area contributed by atoms with Crippen LogP contribution < -0.4 is 0 Å². The van der Waals surface area contributed by atoms with Crippen molar-refractivity contribution in [1.29, 1.82) is 0 Å². The van der Waals surface area contributed by atoms with Crippen molar-refractivity contribution in [3.8, 4) is 0 Å². The van der Waals surface area contributed by atoms with E-state index in [4.69, 9.17) is 14.2 Å². The van der Waals surface area contributed by atoms with Crippen molar-refractivity contribution < 1.29 is 19.0 Å². The lowest BCUT2D eigenvalue weighted by molar-refractivity contribution is -0.120. The van der Waals surface area contributed by atoms with E-state index in [-0.39, 0.29) is 12.3 Å². The summed E-state index contributed by atoms with van der Waals surface area (Å²) in [6.45, 7) is 7.20. The van der Waals surface area contributed by atoms with Gasteiger partial charge >= 0.3 is 5.97 Å². The van der Waals surface area contributed by atoms with Crippen molar-refractivity contribution in [3.05, 3.63) is 11.1 Å². The van der Waals surface area contributed by atoms with Crippen molar-refractivity contribution in [2.45, 2.75) is 31.4 Å². The zero-order valence-corrected chi connectivity index (χ0v) is 13.0. The first-order valence-corrected chi connectivity index (χ1v) is 8.06. The molecule has 0 aliphatic rings. The fourth-order valence-corrected chi connectivity index (χ4v) is 3.04. The number of rotatable bonds is 9. The lowest BCUT2D eigenvalue weighted by atomic mass is 10.5. The molecule has 0 saturated heterocycles. The van der Waals surface area contributed by atoms with Crippen LogP contribution in [0.5, 0.6) is 0 Å². The van der Waals surface area contributed by atoms with E-state index in [2.05, 4.69) is 4.98 Å². The molecule has 1 aromatic heterocycles. The Morgan fingerprint density at radius 1 is 1.32 bits per heavy atom. The van der Waals surface area contributed by atoms with Gasteiger partial charge in [-0.1, -0.05) is 11.8 Å². The molecule has 0 spiro atoms. The molecule has 0 radical (unpaired) electrons. The Morgan fingerprint density at radius 2 is 2.00 bits per heavy atom. The number of carbonyl (C=O) groups excluding carboxylic acids is 1. The highest BCUT2D eigenvalue weighted by molar-refractivity contribution is 8.01. The summed E-state index contributed by atoms with van der Waals surface area (Å²) in [6.07, 6.45) is -0.241. The molecule has 0 aliphatic carbocycles. The normalized spacial score (nSPS) is 10.9. The molecule has 5 nitrogen and oxygen atoms in total. The van der Waals surface area contributed by atoms with Gasteiger partial charge in [-0.3, -0.25) is 0 Å². The van der Waals surface area contributed by atoms with E-state index < -0.39 is 0 Å². The molecule has 0 N–H and O–H groups in total. The van der Waals surface area contributed by atoms with Gasteiger partial charge < -0.3 is 14.2 Å². The zero-order valence-electron chi connectivity index (χ0n) is 11.4. The highest BCUT2D eigenvalue weighted by Crippen LogP contribution is 2.24.